The van der Waals surface area contributed by atoms with Crippen LogP contribution in [0.5, 0.6) is 0 Å². The summed E-state index contributed by atoms with van der Waals surface area (Å²) >= 11 is 2.66. The monoisotopic (exact) mass is 463 g/mol. The molecule has 2 heterocycles. The van der Waals surface area contributed by atoms with Crippen LogP contribution in [0.25, 0.3) is 15.9 Å². The Kier molecular flexibility index (Phi) is 6.48. The fourth-order valence-electron chi connectivity index (χ4n) is 3.61. The van der Waals surface area contributed by atoms with Crippen LogP contribution in [0.4, 0.5) is 5.69 Å². The van der Waals surface area contributed by atoms with Gasteiger partial charge in [-0.15, -0.1) is 11.3 Å². The number of nitrogens with one attached hydrogen (secondary N) is 1. The topological polar surface area (TPSA) is 64.0 Å². The maximum atomic E-state index is 13.3. The van der Waals surface area contributed by atoms with Crippen LogP contribution in [0.3, 0.4) is 0 Å². The maximum absolute atomic E-state index is 13.3. The number of aromatic nitrogens is 2. The van der Waals surface area contributed by atoms with Gasteiger partial charge in [0.05, 0.1) is 17.0 Å². The van der Waals surface area contributed by atoms with Crippen molar-refractivity contribution in [3.05, 3.63) is 81.0 Å². The van der Waals surface area contributed by atoms with E-state index in [1.165, 1.54) is 23.1 Å². The summed E-state index contributed by atoms with van der Waals surface area (Å²) in [4.78, 5) is 30.9. The molecule has 32 heavy (non-hydrogen) atoms. The Balaban J connectivity index is 1.67. The summed E-state index contributed by atoms with van der Waals surface area (Å²) < 4.78 is 2.26. The minimum absolute atomic E-state index is 0.105. The van der Waals surface area contributed by atoms with Gasteiger partial charge in [0.2, 0.25) is 5.91 Å². The third-order valence-corrected chi connectivity index (χ3v) is 7.29. The number of aryl methyl sites for hydroxylation is 1. The smallest absolute Gasteiger partial charge is 0.276 e. The maximum Gasteiger partial charge on any atom is 0.276 e. The first-order chi connectivity index (χ1) is 15.4. The van der Waals surface area contributed by atoms with Crippen LogP contribution >= 0.6 is 23.1 Å². The van der Waals surface area contributed by atoms with Crippen molar-refractivity contribution in [2.75, 3.05) is 11.1 Å². The molecule has 1 N–H and O–H groups in total. The number of anilines is 1. The van der Waals surface area contributed by atoms with E-state index < -0.39 is 0 Å². The number of fused-ring (bicyclic) bond motifs is 1. The first-order valence-corrected chi connectivity index (χ1v) is 12.3. The number of para-hydroxylation sites is 1. The van der Waals surface area contributed by atoms with E-state index in [4.69, 9.17) is 4.98 Å². The summed E-state index contributed by atoms with van der Waals surface area (Å²) in [5.74, 6) is 0.325. The van der Waals surface area contributed by atoms with Crippen LogP contribution in [-0.4, -0.2) is 21.2 Å². The molecule has 0 saturated heterocycles. The number of hydrogen-bond donors (Lipinski definition) is 1. The van der Waals surface area contributed by atoms with E-state index >= 15 is 0 Å². The van der Waals surface area contributed by atoms with Crippen molar-refractivity contribution in [2.24, 2.45) is 0 Å². The molecule has 4 aromatic rings. The van der Waals surface area contributed by atoms with Crippen molar-refractivity contribution < 1.29 is 4.79 Å². The van der Waals surface area contributed by atoms with Crippen LogP contribution in [0, 0.1) is 13.8 Å². The van der Waals surface area contributed by atoms with Gasteiger partial charge in [-0.25, -0.2) is 4.98 Å². The normalized spacial score (nSPS) is 11.3. The van der Waals surface area contributed by atoms with Gasteiger partial charge < -0.3 is 5.32 Å². The predicted molar refractivity (Wildman–Crippen MR) is 135 cm³/mol. The quantitative estimate of drug-likeness (QED) is 0.285. The summed E-state index contributed by atoms with van der Waals surface area (Å²) in [7, 11) is 0. The Bertz CT molecular complexity index is 1360. The molecule has 4 rings (SSSR count). The van der Waals surface area contributed by atoms with Crippen molar-refractivity contribution in [3.8, 4) is 5.69 Å². The van der Waals surface area contributed by atoms with E-state index in [1.807, 2.05) is 67.8 Å². The minimum atomic E-state index is -0.129. The second-order valence-corrected chi connectivity index (χ2v) is 9.83. The summed E-state index contributed by atoms with van der Waals surface area (Å²) in [6.45, 7) is 8.22. The van der Waals surface area contributed by atoms with Crippen molar-refractivity contribution >= 4 is 44.9 Å². The molecule has 7 heteroatoms. The number of carbonyl (C=O) groups excluding carboxylic acids is 1. The van der Waals surface area contributed by atoms with Gasteiger partial charge in [-0.1, -0.05) is 55.9 Å². The molecule has 0 aliphatic rings. The van der Waals surface area contributed by atoms with Gasteiger partial charge in [0.15, 0.2) is 5.16 Å². The molecule has 0 bridgehead atoms. The first-order valence-electron chi connectivity index (χ1n) is 10.4. The van der Waals surface area contributed by atoms with E-state index in [2.05, 4.69) is 19.2 Å². The number of thioether (sulfide) groups is 1. The molecule has 0 unspecified atom stereocenters. The molecule has 0 saturated carbocycles. The van der Waals surface area contributed by atoms with Crippen LogP contribution in [0.1, 0.15) is 36.5 Å². The lowest BCUT2D eigenvalue weighted by atomic mass is 10.0. The Labute approximate surface area is 195 Å². The molecule has 0 spiro atoms. The average molecular weight is 464 g/mol. The fraction of sp³-hybridized carbons (Fsp3) is 0.240. The highest BCUT2D eigenvalue weighted by Gasteiger charge is 2.18. The molecule has 2 aromatic carbocycles. The van der Waals surface area contributed by atoms with Gasteiger partial charge in [0, 0.05) is 5.69 Å². The third-order valence-electron chi connectivity index (χ3n) is 5.46. The summed E-state index contributed by atoms with van der Waals surface area (Å²) in [5.41, 5.74) is 5.38. The fourth-order valence-corrected chi connectivity index (χ4v) is 5.18. The lowest BCUT2D eigenvalue weighted by Gasteiger charge is -2.16. The highest BCUT2D eigenvalue weighted by atomic mass is 32.2. The zero-order valence-electron chi connectivity index (χ0n) is 18.5. The molecule has 0 aliphatic heterocycles. The van der Waals surface area contributed by atoms with Gasteiger partial charge >= 0.3 is 0 Å². The van der Waals surface area contributed by atoms with Gasteiger partial charge in [-0.3, -0.25) is 14.2 Å². The molecule has 5 nitrogen and oxygen atoms in total. The average Bonchev–Trinajstić information content (AvgIpc) is 3.24. The molecule has 0 radical (unpaired) electrons. The van der Waals surface area contributed by atoms with Crippen LogP contribution < -0.4 is 10.9 Å². The SMILES string of the molecule is Cc1cccc(-n2c(SCC(=O)Nc3ccccc3C(C)C)nc3ccsc3c2=O)c1C. The number of amides is 1. The zero-order valence-corrected chi connectivity index (χ0v) is 20.1. The number of rotatable bonds is 6. The van der Waals surface area contributed by atoms with E-state index in [1.54, 1.807) is 4.57 Å². The third kappa shape index (κ3) is 4.36. The van der Waals surface area contributed by atoms with Crippen molar-refractivity contribution in [2.45, 2.75) is 38.8 Å². The summed E-state index contributed by atoms with van der Waals surface area (Å²) in [6, 6.07) is 15.6. The lowest BCUT2D eigenvalue weighted by molar-refractivity contribution is -0.113. The zero-order chi connectivity index (χ0) is 22.8. The molecule has 0 fully saturated rings. The van der Waals surface area contributed by atoms with Crippen molar-refractivity contribution in [1.29, 1.82) is 0 Å². The van der Waals surface area contributed by atoms with Gasteiger partial charge in [0.25, 0.3) is 5.56 Å². The Morgan fingerprint density at radius 2 is 1.91 bits per heavy atom. The van der Waals surface area contributed by atoms with E-state index in [9.17, 15) is 9.59 Å². The molecule has 1 amide bonds. The highest BCUT2D eigenvalue weighted by molar-refractivity contribution is 7.99. The number of hydrogen-bond acceptors (Lipinski definition) is 5. The van der Waals surface area contributed by atoms with Gasteiger partial charge in [-0.05, 0) is 60.0 Å². The van der Waals surface area contributed by atoms with Crippen molar-refractivity contribution in [3.63, 3.8) is 0 Å². The molecular formula is C25H25N3O2S2. The van der Waals surface area contributed by atoms with Crippen molar-refractivity contribution in [1.82, 2.24) is 9.55 Å². The molecule has 164 valence electrons. The van der Waals surface area contributed by atoms with Gasteiger partial charge in [-0.2, -0.15) is 0 Å². The summed E-state index contributed by atoms with van der Waals surface area (Å²) in [5, 5.41) is 5.40. The molecular weight excluding hydrogens is 438 g/mol. The second kappa shape index (κ2) is 9.30. The number of thiophene rings is 1. The highest BCUT2D eigenvalue weighted by Crippen LogP contribution is 2.27. The largest absolute Gasteiger partial charge is 0.325 e. The summed E-state index contributed by atoms with van der Waals surface area (Å²) in [6.07, 6.45) is 0. The minimum Gasteiger partial charge on any atom is -0.325 e. The van der Waals surface area contributed by atoms with Crippen LogP contribution in [0.2, 0.25) is 0 Å². The Morgan fingerprint density at radius 3 is 2.69 bits per heavy atom. The predicted octanol–water partition coefficient (Wildman–Crippen LogP) is 5.92. The molecule has 0 aliphatic carbocycles. The Morgan fingerprint density at radius 1 is 1.12 bits per heavy atom. The molecule has 0 atom stereocenters. The molecule has 2 aromatic heterocycles. The second-order valence-electron chi connectivity index (χ2n) is 7.97. The van der Waals surface area contributed by atoms with E-state index in [0.29, 0.717) is 21.3 Å². The standard InChI is InChI=1S/C25H25N3O2S2/c1-15(2)18-9-5-6-10-19(18)26-22(29)14-32-25-27-20-12-13-31-23(20)24(30)28(25)21-11-7-8-16(3)17(21)4/h5-13,15H,14H2,1-4H3,(H,26,29). The number of nitrogens with zero attached hydrogens (tertiary/aromatic N) is 2. The van der Waals surface area contributed by atoms with E-state index in [0.717, 1.165) is 28.1 Å². The first kappa shape index (κ1) is 22.3. The number of benzene rings is 2. The lowest BCUT2D eigenvalue weighted by Crippen LogP contribution is -2.23. The van der Waals surface area contributed by atoms with E-state index in [-0.39, 0.29) is 17.2 Å². The van der Waals surface area contributed by atoms with Crippen LogP contribution in [-0.2, 0) is 4.79 Å². The Hall–Kier alpha value is -2.90. The number of carbonyl (C=O) groups is 1. The van der Waals surface area contributed by atoms with Crippen LogP contribution in [0.15, 0.2) is 63.9 Å². The van der Waals surface area contributed by atoms with Gasteiger partial charge in [0.1, 0.15) is 4.70 Å².